The zero-order valence-corrected chi connectivity index (χ0v) is 21.0. The average molecular weight is 550 g/mol. The van der Waals surface area contributed by atoms with Crippen LogP contribution in [0.25, 0.3) is 16.6 Å². The fraction of sp³-hybridized carbons (Fsp3) is 0.292. The quantitative estimate of drug-likeness (QED) is 0.321. The van der Waals surface area contributed by atoms with E-state index in [1.54, 1.807) is 24.3 Å². The van der Waals surface area contributed by atoms with E-state index in [1.807, 2.05) is 0 Å². The number of hydrogen-bond donors (Lipinski definition) is 1. The Hall–Kier alpha value is -3.00. The van der Waals surface area contributed by atoms with Crippen LogP contribution in [0.5, 0.6) is 0 Å². The number of aromatic nitrogens is 4. The molecule has 1 fully saturated rings. The summed E-state index contributed by atoms with van der Waals surface area (Å²) in [5, 5.41) is 9.28. The Morgan fingerprint density at radius 2 is 1.92 bits per heavy atom. The molecular weight excluding hydrogens is 527 g/mol. The Labute approximate surface area is 215 Å². The van der Waals surface area contributed by atoms with Crippen LogP contribution in [0.4, 0.5) is 13.2 Å². The van der Waals surface area contributed by atoms with Crippen molar-refractivity contribution in [3.63, 3.8) is 0 Å². The summed E-state index contributed by atoms with van der Waals surface area (Å²) in [4.78, 5) is 4.18. The Morgan fingerprint density at radius 3 is 2.70 bits per heavy atom. The molecule has 0 unspecified atom stereocenters. The maximum absolute atomic E-state index is 13.4. The van der Waals surface area contributed by atoms with Crippen LogP contribution in [-0.2, 0) is 27.5 Å². The second kappa shape index (κ2) is 10.4. The van der Waals surface area contributed by atoms with Gasteiger partial charge in [-0.25, -0.2) is 13.1 Å². The number of para-hydroxylation sites is 1. The van der Waals surface area contributed by atoms with Gasteiger partial charge in [0.2, 0.25) is 10.0 Å². The number of fused-ring (bicyclic) bond motifs is 1. The monoisotopic (exact) mass is 549 g/mol. The number of benzene rings is 2. The Bertz CT molecular complexity index is 1510. The van der Waals surface area contributed by atoms with Crippen molar-refractivity contribution < 1.29 is 26.3 Å². The molecule has 37 heavy (non-hydrogen) atoms. The Balaban J connectivity index is 1.47. The lowest BCUT2D eigenvalue weighted by Gasteiger charge is -2.14. The minimum Gasteiger partial charge on any atom is -0.377 e. The first-order valence-electron chi connectivity index (χ1n) is 11.4. The molecule has 3 heterocycles. The number of pyridine rings is 1. The number of thioether (sulfide) groups is 1. The van der Waals surface area contributed by atoms with Crippen molar-refractivity contribution in [2.75, 3.05) is 12.4 Å². The summed E-state index contributed by atoms with van der Waals surface area (Å²) < 4.78 is 76.2. The van der Waals surface area contributed by atoms with Crippen molar-refractivity contribution in [1.29, 1.82) is 0 Å². The number of nitrogens with zero attached hydrogens (tertiary/aromatic N) is 4. The first kappa shape index (κ1) is 25.6. The fourth-order valence-electron chi connectivity index (χ4n) is 4.06. The van der Waals surface area contributed by atoms with Crippen LogP contribution in [0, 0.1) is 0 Å². The van der Waals surface area contributed by atoms with Crippen molar-refractivity contribution in [3.05, 3.63) is 72.2 Å². The molecule has 1 aliphatic rings. The predicted molar refractivity (Wildman–Crippen MR) is 132 cm³/mol. The minimum atomic E-state index is -4.54. The molecule has 1 aliphatic heterocycles. The molecule has 5 rings (SSSR count). The van der Waals surface area contributed by atoms with Gasteiger partial charge in [-0.2, -0.15) is 13.2 Å². The zero-order chi connectivity index (χ0) is 26.0. The standard InChI is InChI=1S/C24H22F3N5O3S2/c25-24(26,27)17-7-2-8-18(13-17)32-21(30-31-23(32)36-15-19-9-4-12-35-19)14-29-37(33,34)20-10-1-5-16-6-3-11-28-22(16)20/h1-3,5-8,10-11,13,19,29H,4,9,12,14-15H2/t19-/m1/s1. The van der Waals surface area contributed by atoms with Crippen molar-refractivity contribution in [2.45, 2.75) is 41.7 Å². The Morgan fingerprint density at radius 1 is 1.11 bits per heavy atom. The van der Waals surface area contributed by atoms with Crippen LogP contribution in [0.2, 0.25) is 0 Å². The van der Waals surface area contributed by atoms with Gasteiger partial charge in [0, 0.05) is 23.9 Å². The smallest absolute Gasteiger partial charge is 0.377 e. The van der Waals surface area contributed by atoms with E-state index in [9.17, 15) is 21.6 Å². The molecule has 0 aliphatic carbocycles. The molecular formula is C24H22F3N5O3S2. The van der Waals surface area contributed by atoms with E-state index in [4.69, 9.17) is 4.74 Å². The van der Waals surface area contributed by atoms with Gasteiger partial charge in [-0.1, -0.05) is 36.0 Å². The summed E-state index contributed by atoms with van der Waals surface area (Å²) in [6.45, 7) is 0.372. The van der Waals surface area contributed by atoms with E-state index in [-0.39, 0.29) is 29.1 Å². The third kappa shape index (κ3) is 5.64. The van der Waals surface area contributed by atoms with E-state index in [1.165, 1.54) is 40.7 Å². The minimum absolute atomic E-state index is 0.0104. The second-order valence-electron chi connectivity index (χ2n) is 8.38. The number of alkyl halides is 3. The number of sulfonamides is 1. The maximum Gasteiger partial charge on any atom is 0.416 e. The van der Waals surface area contributed by atoms with Gasteiger partial charge in [0.15, 0.2) is 11.0 Å². The van der Waals surface area contributed by atoms with Gasteiger partial charge in [0.05, 0.1) is 29.4 Å². The molecule has 1 saturated heterocycles. The highest BCUT2D eigenvalue weighted by Crippen LogP contribution is 2.32. The summed E-state index contributed by atoms with van der Waals surface area (Å²) in [6, 6.07) is 13.0. The maximum atomic E-state index is 13.4. The topological polar surface area (TPSA) is 99.0 Å². The van der Waals surface area contributed by atoms with Crippen molar-refractivity contribution in [3.8, 4) is 5.69 Å². The van der Waals surface area contributed by atoms with Crippen LogP contribution in [0.3, 0.4) is 0 Å². The largest absolute Gasteiger partial charge is 0.416 e. The third-order valence-electron chi connectivity index (χ3n) is 5.86. The van der Waals surface area contributed by atoms with Gasteiger partial charge in [-0.05, 0) is 43.2 Å². The summed E-state index contributed by atoms with van der Waals surface area (Å²) in [7, 11) is -4.03. The molecule has 0 spiro atoms. The van der Waals surface area contributed by atoms with Crippen molar-refractivity contribution in [1.82, 2.24) is 24.5 Å². The van der Waals surface area contributed by atoms with E-state index < -0.39 is 21.8 Å². The van der Waals surface area contributed by atoms with Crippen LogP contribution in [-0.4, -0.2) is 46.6 Å². The molecule has 194 valence electrons. The van der Waals surface area contributed by atoms with Gasteiger partial charge in [0.1, 0.15) is 4.90 Å². The highest BCUT2D eigenvalue weighted by atomic mass is 32.2. The zero-order valence-electron chi connectivity index (χ0n) is 19.4. The molecule has 2 aromatic carbocycles. The molecule has 13 heteroatoms. The van der Waals surface area contributed by atoms with Crippen LogP contribution >= 0.6 is 11.8 Å². The van der Waals surface area contributed by atoms with E-state index in [2.05, 4.69) is 19.9 Å². The summed E-state index contributed by atoms with van der Waals surface area (Å²) in [6.07, 6.45) is -1.20. The normalized spacial score (nSPS) is 16.5. The van der Waals surface area contributed by atoms with Gasteiger partial charge < -0.3 is 4.74 Å². The van der Waals surface area contributed by atoms with E-state index >= 15 is 0 Å². The van der Waals surface area contributed by atoms with Crippen molar-refractivity contribution >= 4 is 32.7 Å². The van der Waals surface area contributed by atoms with Gasteiger partial charge in [0.25, 0.3) is 0 Å². The molecule has 4 aromatic rings. The number of ether oxygens (including phenoxy) is 1. The average Bonchev–Trinajstić information content (AvgIpc) is 3.55. The van der Waals surface area contributed by atoms with Crippen LogP contribution in [0.15, 0.2) is 70.8 Å². The number of rotatable bonds is 8. The lowest BCUT2D eigenvalue weighted by Crippen LogP contribution is -2.25. The van der Waals surface area contributed by atoms with Crippen LogP contribution < -0.4 is 4.72 Å². The Kier molecular flexibility index (Phi) is 7.21. The van der Waals surface area contributed by atoms with E-state index in [0.717, 1.165) is 25.0 Å². The molecule has 1 N–H and O–H groups in total. The first-order valence-corrected chi connectivity index (χ1v) is 13.9. The van der Waals surface area contributed by atoms with Gasteiger partial charge in [-0.15, -0.1) is 10.2 Å². The highest BCUT2D eigenvalue weighted by Gasteiger charge is 2.31. The van der Waals surface area contributed by atoms with Gasteiger partial charge >= 0.3 is 6.18 Å². The van der Waals surface area contributed by atoms with E-state index in [0.29, 0.717) is 28.4 Å². The lowest BCUT2D eigenvalue weighted by atomic mass is 10.2. The number of hydrogen-bond acceptors (Lipinski definition) is 7. The first-order chi connectivity index (χ1) is 17.7. The van der Waals surface area contributed by atoms with Gasteiger partial charge in [-0.3, -0.25) is 9.55 Å². The number of nitrogens with one attached hydrogen (secondary N) is 1. The lowest BCUT2D eigenvalue weighted by molar-refractivity contribution is -0.137. The predicted octanol–water partition coefficient (Wildman–Crippen LogP) is 4.58. The van der Waals surface area contributed by atoms with Crippen LogP contribution in [0.1, 0.15) is 24.2 Å². The fourth-order valence-corrected chi connectivity index (χ4v) is 6.26. The molecule has 0 saturated carbocycles. The summed E-state index contributed by atoms with van der Waals surface area (Å²) in [5.74, 6) is 0.691. The molecule has 0 radical (unpaired) electrons. The van der Waals surface area contributed by atoms with Crippen molar-refractivity contribution in [2.24, 2.45) is 0 Å². The second-order valence-corrected chi connectivity index (χ2v) is 11.1. The highest BCUT2D eigenvalue weighted by molar-refractivity contribution is 7.99. The molecule has 8 nitrogen and oxygen atoms in total. The number of halogens is 3. The summed E-state index contributed by atoms with van der Waals surface area (Å²) >= 11 is 1.30. The third-order valence-corrected chi connectivity index (χ3v) is 8.35. The summed E-state index contributed by atoms with van der Waals surface area (Å²) in [5.41, 5.74) is -0.345. The molecule has 1 atom stereocenters. The molecule has 2 aromatic heterocycles. The molecule has 0 amide bonds. The SMILES string of the molecule is O=S(=O)(NCc1nnc(SC[C@H]2CCCO2)n1-c1cccc(C(F)(F)F)c1)c1cccc2cccnc12. The molecule has 0 bridgehead atoms.